The molecule has 0 saturated heterocycles. The van der Waals surface area contributed by atoms with Crippen LogP contribution in [0.15, 0.2) is 29.5 Å². The number of amides is 2. The van der Waals surface area contributed by atoms with Crippen LogP contribution >= 0.6 is 0 Å². The summed E-state index contributed by atoms with van der Waals surface area (Å²) in [5.74, 6) is 5.17. The lowest BCUT2D eigenvalue weighted by molar-refractivity contribution is -0.121. The number of benzene rings is 1. The number of nitrogens with one attached hydrogen (secondary N) is 2. The van der Waals surface area contributed by atoms with Crippen LogP contribution in [0.25, 0.3) is 5.57 Å². The second kappa shape index (κ2) is 5.61. The van der Waals surface area contributed by atoms with E-state index in [0.29, 0.717) is 25.0 Å². The van der Waals surface area contributed by atoms with Gasteiger partial charge in [0.05, 0.1) is 17.0 Å². The molecule has 0 atom stereocenters. The Morgan fingerprint density at radius 1 is 1.41 bits per heavy atom. The number of carbonyl (C=O) groups is 2. The van der Waals surface area contributed by atoms with E-state index in [9.17, 15) is 9.59 Å². The third-order valence-corrected chi connectivity index (χ3v) is 3.84. The van der Waals surface area contributed by atoms with Gasteiger partial charge >= 0.3 is 0 Å². The monoisotopic (exact) mass is 299 g/mol. The van der Waals surface area contributed by atoms with Crippen molar-refractivity contribution in [3.05, 3.63) is 35.5 Å². The predicted molar refractivity (Wildman–Crippen MR) is 83.7 cm³/mol. The molecular formula is C15H17N5O2. The number of nitrogens with zero attached hydrogens (tertiary/aromatic N) is 2. The molecule has 0 unspecified atom stereocenters. The molecule has 2 aliphatic rings. The Hall–Kier alpha value is -2.67. The van der Waals surface area contributed by atoms with Crippen molar-refractivity contribution in [1.82, 2.24) is 10.9 Å². The van der Waals surface area contributed by atoms with E-state index in [4.69, 9.17) is 5.84 Å². The van der Waals surface area contributed by atoms with Crippen molar-refractivity contribution in [2.45, 2.75) is 19.8 Å². The van der Waals surface area contributed by atoms with Crippen LogP contribution < -0.4 is 21.6 Å². The Labute approximate surface area is 127 Å². The number of hydrogen-bond acceptors (Lipinski definition) is 5. The van der Waals surface area contributed by atoms with E-state index in [0.717, 1.165) is 22.5 Å². The summed E-state index contributed by atoms with van der Waals surface area (Å²) in [5, 5.41) is 4.10. The van der Waals surface area contributed by atoms with Gasteiger partial charge in [0.2, 0.25) is 5.91 Å². The van der Waals surface area contributed by atoms with Gasteiger partial charge in [0, 0.05) is 31.1 Å². The molecule has 2 heterocycles. The summed E-state index contributed by atoms with van der Waals surface area (Å²) in [7, 11) is 0. The predicted octanol–water partition coefficient (Wildman–Crippen LogP) is 0.471. The Morgan fingerprint density at radius 2 is 2.23 bits per heavy atom. The lowest BCUT2D eigenvalue weighted by Gasteiger charge is -2.16. The molecule has 1 aromatic rings. The fraction of sp³-hybridized carbons (Fsp3) is 0.267. The zero-order chi connectivity index (χ0) is 15.7. The SMILES string of the molecule is CCN1C(=O)C(=CNN)c2ccc(C3=NNC(=O)CC3)cc21. The van der Waals surface area contributed by atoms with Crippen molar-refractivity contribution in [1.29, 1.82) is 0 Å². The fourth-order valence-electron chi connectivity index (χ4n) is 2.75. The van der Waals surface area contributed by atoms with Crippen molar-refractivity contribution in [3.8, 4) is 0 Å². The molecule has 7 heteroatoms. The largest absolute Gasteiger partial charge is 0.331 e. The average Bonchev–Trinajstić information content (AvgIpc) is 2.79. The van der Waals surface area contributed by atoms with Gasteiger partial charge in [-0.05, 0) is 18.6 Å². The number of nitrogens with two attached hydrogens (primary N) is 1. The summed E-state index contributed by atoms with van der Waals surface area (Å²) in [6.07, 6.45) is 2.53. The highest BCUT2D eigenvalue weighted by molar-refractivity contribution is 6.32. The summed E-state index contributed by atoms with van der Waals surface area (Å²) in [4.78, 5) is 25.3. The summed E-state index contributed by atoms with van der Waals surface area (Å²) < 4.78 is 0. The minimum absolute atomic E-state index is 0.0745. The third-order valence-electron chi connectivity index (χ3n) is 3.84. The van der Waals surface area contributed by atoms with E-state index in [-0.39, 0.29) is 11.8 Å². The van der Waals surface area contributed by atoms with Crippen molar-refractivity contribution in [2.75, 3.05) is 11.4 Å². The van der Waals surface area contributed by atoms with E-state index in [1.807, 2.05) is 25.1 Å². The lowest BCUT2D eigenvalue weighted by atomic mass is 10.00. The van der Waals surface area contributed by atoms with Gasteiger partial charge in [-0.15, -0.1) is 0 Å². The summed E-state index contributed by atoms with van der Waals surface area (Å²) in [6, 6.07) is 5.73. The molecule has 0 bridgehead atoms. The van der Waals surface area contributed by atoms with Gasteiger partial charge in [-0.3, -0.25) is 15.4 Å². The zero-order valence-electron chi connectivity index (χ0n) is 12.2. The number of rotatable bonds is 3. The second-order valence-electron chi connectivity index (χ2n) is 5.10. The Balaban J connectivity index is 2.04. The maximum absolute atomic E-state index is 12.4. The summed E-state index contributed by atoms with van der Waals surface area (Å²) >= 11 is 0. The molecule has 2 aliphatic heterocycles. The topological polar surface area (TPSA) is 99.8 Å². The van der Waals surface area contributed by atoms with E-state index in [1.165, 1.54) is 6.20 Å². The molecular weight excluding hydrogens is 282 g/mol. The Morgan fingerprint density at radius 3 is 2.86 bits per heavy atom. The first-order chi connectivity index (χ1) is 10.7. The molecule has 1 aromatic carbocycles. The Kier molecular flexibility index (Phi) is 3.64. The summed E-state index contributed by atoms with van der Waals surface area (Å²) in [6.45, 7) is 2.49. The molecule has 4 N–H and O–H groups in total. The quantitative estimate of drug-likeness (QED) is 0.429. The molecule has 114 valence electrons. The van der Waals surface area contributed by atoms with Gasteiger partial charge in [-0.25, -0.2) is 5.43 Å². The van der Waals surface area contributed by atoms with Crippen LogP contribution in [-0.4, -0.2) is 24.1 Å². The summed E-state index contributed by atoms with van der Waals surface area (Å²) in [5.41, 5.74) is 8.88. The fourth-order valence-corrected chi connectivity index (χ4v) is 2.75. The smallest absolute Gasteiger partial charge is 0.260 e. The number of hydrazine groups is 1. The molecule has 0 aliphatic carbocycles. The van der Waals surface area contributed by atoms with E-state index < -0.39 is 0 Å². The van der Waals surface area contributed by atoms with Crippen LogP contribution in [0.4, 0.5) is 5.69 Å². The molecule has 0 radical (unpaired) electrons. The van der Waals surface area contributed by atoms with Crippen LogP contribution in [0.3, 0.4) is 0 Å². The minimum atomic E-state index is -0.0773. The Bertz CT molecular complexity index is 708. The first-order valence-corrected chi connectivity index (χ1v) is 7.14. The highest BCUT2D eigenvalue weighted by Gasteiger charge is 2.31. The molecule has 7 nitrogen and oxygen atoms in total. The minimum Gasteiger partial charge on any atom is -0.331 e. The highest BCUT2D eigenvalue weighted by Crippen LogP contribution is 2.37. The molecule has 0 fully saturated rings. The van der Waals surface area contributed by atoms with Crippen molar-refractivity contribution < 1.29 is 9.59 Å². The third kappa shape index (κ3) is 2.25. The van der Waals surface area contributed by atoms with Crippen molar-refractivity contribution in [3.63, 3.8) is 0 Å². The highest BCUT2D eigenvalue weighted by atomic mass is 16.2. The van der Waals surface area contributed by atoms with Gasteiger partial charge in [0.1, 0.15) is 0 Å². The maximum atomic E-state index is 12.4. The molecule has 0 saturated carbocycles. The molecule has 0 aromatic heterocycles. The molecule has 3 rings (SSSR count). The number of likely N-dealkylation sites (N-methyl/N-ethyl adjacent to an activating group) is 1. The maximum Gasteiger partial charge on any atom is 0.260 e. The van der Waals surface area contributed by atoms with Crippen molar-refractivity contribution >= 4 is 28.8 Å². The van der Waals surface area contributed by atoms with E-state index in [1.54, 1.807) is 4.90 Å². The lowest BCUT2D eigenvalue weighted by Crippen LogP contribution is -2.27. The van der Waals surface area contributed by atoms with Gasteiger partial charge < -0.3 is 10.3 Å². The van der Waals surface area contributed by atoms with Crippen LogP contribution in [0, 0.1) is 0 Å². The normalized spacial score (nSPS) is 19.1. The van der Waals surface area contributed by atoms with E-state index >= 15 is 0 Å². The van der Waals surface area contributed by atoms with Gasteiger partial charge in [0.15, 0.2) is 0 Å². The molecule has 0 spiro atoms. The van der Waals surface area contributed by atoms with E-state index in [2.05, 4.69) is 16.0 Å². The number of hydrazone groups is 1. The second-order valence-corrected chi connectivity index (χ2v) is 5.10. The van der Waals surface area contributed by atoms with Gasteiger partial charge in [0.25, 0.3) is 5.91 Å². The number of carbonyl (C=O) groups excluding carboxylic acids is 2. The zero-order valence-corrected chi connectivity index (χ0v) is 12.2. The molecule has 22 heavy (non-hydrogen) atoms. The van der Waals surface area contributed by atoms with Crippen LogP contribution in [0.1, 0.15) is 30.9 Å². The number of anilines is 1. The standard InChI is InChI=1S/C15H17N5O2/c1-2-20-13-7-9(12-5-6-14(21)19-18-12)3-4-10(13)11(8-17-16)15(20)22/h3-4,7-8,17H,2,5-6,16H2,1H3,(H,19,21). The molecule has 2 amide bonds. The van der Waals surface area contributed by atoms with Crippen LogP contribution in [-0.2, 0) is 9.59 Å². The van der Waals surface area contributed by atoms with Gasteiger partial charge in [-0.2, -0.15) is 5.10 Å². The van der Waals surface area contributed by atoms with Crippen molar-refractivity contribution in [2.24, 2.45) is 10.9 Å². The number of hydrogen-bond donors (Lipinski definition) is 3. The average molecular weight is 299 g/mol. The first-order valence-electron chi connectivity index (χ1n) is 7.14. The van der Waals surface area contributed by atoms with Gasteiger partial charge in [-0.1, -0.05) is 12.1 Å². The number of fused-ring (bicyclic) bond motifs is 1. The van der Waals surface area contributed by atoms with Crippen LogP contribution in [0.5, 0.6) is 0 Å². The van der Waals surface area contributed by atoms with Crippen LogP contribution in [0.2, 0.25) is 0 Å². The first kappa shape index (κ1) is 14.3.